The van der Waals surface area contributed by atoms with E-state index in [9.17, 15) is 0 Å². The molecule has 2 rings (SSSR count). The Morgan fingerprint density at radius 3 is 3.00 bits per heavy atom. The van der Waals surface area contributed by atoms with Crippen LogP contribution in [-0.4, -0.2) is 37.4 Å². The second-order valence-electron chi connectivity index (χ2n) is 1.75. The summed E-state index contributed by atoms with van der Waals surface area (Å²) < 4.78 is 0. The van der Waals surface area contributed by atoms with Crippen LogP contribution in [0, 0.1) is 0 Å². The SMILES string of the molecule is COn1nnc2ncnc-2n1. The maximum absolute atomic E-state index is 4.66. The van der Waals surface area contributed by atoms with E-state index in [0.29, 0.717) is 11.6 Å². The fourth-order valence-corrected chi connectivity index (χ4v) is 0.654. The molecule has 0 aromatic heterocycles. The smallest absolute Gasteiger partial charge is 0.226 e. The van der Waals surface area contributed by atoms with E-state index in [1.54, 1.807) is 0 Å². The summed E-state index contributed by atoms with van der Waals surface area (Å²) in [6.45, 7) is 0. The lowest BCUT2D eigenvalue weighted by Crippen LogP contribution is -2.17. The Hall–Kier alpha value is -1.79. The Morgan fingerprint density at radius 1 is 1.36 bits per heavy atom. The van der Waals surface area contributed by atoms with Crippen LogP contribution in [0.15, 0.2) is 6.33 Å². The van der Waals surface area contributed by atoms with E-state index < -0.39 is 0 Å². The van der Waals surface area contributed by atoms with Crippen molar-refractivity contribution in [2.45, 2.75) is 0 Å². The maximum atomic E-state index is 4.66. The van der Waals surface area contributed by atoms with Gasteiger partial charge in [-0.3, -0.25) is 0 Å². The third-order valence-electron chi connectivity index (χ3n) is 1.12. The van der Waals surface area contributed by atoms with Crippen molar-refractivity contribution in [3.8, 4) is 11.6 Å². The first kappa shape index (κ1) is 5.96. The molecule has 0 bridgehead atoms. The molecule has 0 aromatic rings. The van der Waals surface area contributed by atoms with E-state index in [1.807, 2.05) is 0 Å². The largest absolute Gasteiger partial charge is 0.383 e. The van der Waals surface area contributed by atoms with Crippen LogP contribution in [0.25, 0.3) is 11.6 Å². The molecule has 2 aliphatic rings. The highest BCUT2D eigenvalue weighted by Gasteiger charge is 2.09. The van der Waals surface area contributed by atoms with Gasteiger partial charge >= 0.3 is 0 Å². The molecule has 0 atom stereocenters. The van der Waals surface area contributed by atoms with Crippen molar-refractivity contribution in [3.05, 3.63) is 6.33 Å². The summed E-state index contributed by atoms with van der Waals surface area (Å²) in [5, 5.41) is 11.0. The fourth-order valence-electron chi connectivity index (χ4n) is 0.654. The molecule has 0 radical (unpaired) electrons. The van der Waals surface area contributed by atoms with Crippen molar-refractivity contribution >= 4 is 0 Å². The van der Waals surface area contributed by atoms with Gasteiger partial charge in [0.15, 0.2) is 0 Å². The van der Waals surface area contributed by atoms with Crippen LogP contribution in [0.5, 0.6) is 0 Å². The third kappa shape index (κ3) is 0.858. The summed E-state index contributed by atoms with van der Waals surface area (Å²) in [4.78, 5) is 13.2. The van der Waals surface area contributed by atoms with Gasteiger partial charge in [0.25, 0.3) is 0 Å². The number of imidazole rings is 1. The quantitative estimate of drug-likeness (QED) is 0.501. The molecule has 0 fully saturated rings. The molecule has 7 heteroatoms. The Bertz CT molecular complexity index is 331. The van der Waals surface area contributed by atoms with Gasteiger partial charge in [-0.2, -0.15) is 0 Å². The van der Waals surface area contributed by atoms with Crippen LogP contribution < -0.4 is 4.84 Å². The second-order valence-corrected chi connectivity index (χ2v) is 1.75. The van der Waals surface area contributed by atoms with E-state index in [2.05, 4.69) is 30.2 Å². The molecular weight excluding hydrogens is 148 g/mol. The number of hydrogen-bond donors (Lipinski definition) is 0. The Labute approximate surface area is 61.3 Å². The van der Waals surface area contributed by atoms with E-state index in [-0.39, 0.29) is 0 Å². The number of fused-ring (bicyclic) bond motifs is 1. The average molecular weight is 152 g/mol. The summed E-state index contributed by atoms with van der Waals surface area (Å²) in [7, 11) is 1.43. The van der Waals surface area contributed by atoms with Gasteiger partial charge in [0, 0.05) is 4.96 Å². The monoisotopic (exact) mass is 152 g/mol. The predicted octanol–water partition coefficient (Wildman–Crippen LogP) is -1.37. The first-order valence-corrected chi connectivity index (χ1v) is 2.85. The summed E-state index contributed by atoms with van der Waals surface area (Å²) in [6.07, 6.45) is 1.37. The summed E-state index contributed by atoms with van der Waals surface area (Å²) >= 11 is 0. The molecule has 0 N–H and O–H groups in total. The molecule has 0 spiro atoms. The second kappa shape index (κ2) is 2.11. The van der Waals surface area contributed by atoms with Crippen LogP contribution >= 0.6 is 0 Å². The van der Waals surface area contributed by atoms with Gasteiger partial charge in [-0.15, -0.1) is 5.10 Å². The Balaban J connectivity index is 2.59. The maximum Gasteiger partial charge on any atom is 0.226 e. The molecule has 56 valence electrons. The zero-order chi connectivity index (χ0) is 7.68. The van der Waals surface area contributed by atoms with Crippen LogP contribution in [0.1, 0.15) is 0 Å². The minimum Gasteiger partial charge on any atom is -0.383 e. The fraction of sp³-hybridized carbons (Fsp3) is 0.250. The highest BCUT2D eigenvalue weighted by molar-refractivity contribution is 5.40. The van der Waals surface area contributed by atoms with E-state index in [0.717, 1.165) is 4.96 Å². The van der Waals surface area contributed by atoms with Gasteiger partial charge in [0.1, 0.15) is 13.4 Å². The molecule has 0 saturated carbocycles. The predicted molar refractivity (Wildman–Crippen MR) is 32.5 cm³/mol. The normalized spacial score (nSPS) is 10.3. The van der Waals surface area contributed by atoms with Gasteiger partial charge in [0.05, 0.1) is 0 Å². The van der Waals surface area contributed by atoms with Gasteiger partial charge in [0.2, 0.25) is 11.6 Å². The number of hydrogen-bond acceptors (Lipinski definition) is 6. The first-order chi connectivity index (χ1) is 5.40. The van der Waals surface area contributed by atoms with Gasteiger partial charge in [-0.1, -0.05) is 5.10 Å². The van der Waals surface area contributed by atoms with E-state index >= 15 is 0 Å². The van der Waals surface area contributed by atoms with Gasteiger partial charge in [-0.25, -0.2) is 9.97 Å². The number of aromatic nitrogens is 6. The molecule has 0 aromatic carbocycles. The minimum atomic E-state index is 0.415. The van der Waals surface area contributed by atoms with Crippen molar-refractivity contribution < 1.29 is 4.84 Å². The molecule has 2 heterocycles. The van der Waals surface area contributed by atoms with Crippen LogP contribution in [0.4, 0.5) is 0 Å². The first-order valence-electron chi connectivity index (χ1n) is 2.85. The van der Waals surface area contributed by atoms with E-state index in [4.69, 9.17) is 0 Å². The van der Waals surface area contributed by atoms with Crippen molar-refractivity contribution in [3.63, 3.8) is 0 Å². The van der Waals surface area contributed by atoms with E-state index in [1.165, 1.54) is 13.4 Å². The van der Waals surface area contributed by atoms with Crippen molar-refractivity contribution in [2.75, 3.05) is 7.11 Å². The lowest BCUT2D eigenvalue weighted by atomic mass is 10.6. The van der Waals surface area contributed by atoms with Crippen LogP contribution in [-0.2, 0) is 0 Å². The molecule has 11 heavy (non-hydrogen) atoms. The average Bonchev–Trinajstić information content (AvgIpc) is 2.50. The summed E-state index contributed by atoms with van der Waals surface area (Å²) in [5.41, 5.74) is 0. The van der Waals surface area contributed by atoms with Gasteiger partial charge in [-0.05, 0) is 5.21 Å². The molecular formula is C4H4N6O. The van der Waals surface area contributed by atoms with Crippen LogP contribution in [0.3, 0.4) is 0 Å². The van der Waals surface area contributed by atoms with Crippen LogP contribution in [0.2, 0.25) is 0 Å². The van der Waals surface area contributed by atoms with Crippen molar-refractivity contribution in [2.24, 2.45) is 0 Å². The molecule has 2 aliphatic heterocycles. The third-order valence-corrected chi connectivity index (χ3v) is 1.12. The highest BCUT2D eigenvalue weighted by Crippen LogP contribution is 2.04. The molecule has 0 amide bonds. The summed E-state index contributed by atoms with van der Waals surface area (Å²) in [6, 6.07) is 0. The van der Waals surface area contributed by atoms with Crippen molar-refractivity contribution in [1.82, 2.24) is 30.3 Å². The number of nitrogens with zero attached hydrogens (tertiary/aromatic N) is 6. The standard InChI is InChI=1S/C4H4N6O/c1-11-10-8-4-3(7-9-10)5-2-6-4/h2H,1H3. The lowest BCUT2D eigenvalue weighted by Gasteiger charge is -1.98. The Morgan fingerprint density at radius 2 is 2.18 bits per heavy atom. The zero-order valence-electron chi connectivity index (χ0n) is 5.67. The van der Waals surface area contributed by atoms with Gasteiger partial charge < -0.3 is 4.84 Å². The molecule has 0 saturated heterocycles. The molecule has 0 aliphatic carbocycles. The molecule has 0 unspecified atom stereocenters. The summed E-state index contributed by atoms with van der Waals surface area (Å²) in [5.74, 6) is 0.833. The van der Waals surface area contributed by atoms with Crippen molar-refractivity contribution in [1.29, 1.82) is 0 Å². The highest BCUT2D eigenvalue weighted by atomic mass is 16.7. The topological polar surface area (TPSA) is 78.6 Å². The Kier molecular flexibility index (Phi) is 1.14. The minimum absolute atomic E-state index is 0.415. The molecule has 7 nitrogen and oxygen atoms in total. The number of rotatable bonds is 1. The zero-order valence-corrected chi connectivity index (χ0v) is 5.67. The lowest BCUT2D eigenvalue weighted by molar-refractivity contribution is 0.0846.